The summed E-state index contributed by atoms with van der Waals surface area (Å²) in [7, 11) is 1.38. The number of pyridine rings is 1. The number of nitrogens with zero attached hydrogens (tertiary/aromatic N) is 2. The zero-order chi connectivity index (χ0) is 25.0. The predicted octanol–water partition coefficient (Wildman–Crippen LogP) is 5.01. The van der Waals surface area contributed by atoms with Gasteiger partial charge in [-0.15, -0.1) is 0 Å². The summed E-state index contributed by atoms with van der Waals surface area (Å²) >= 11 is 0. The van der Waals surface area contributed by atoms with Crippen LogP contribution in [0.15, 0.2) is 53.1 Å². The molecule has 1 unspecified atom stereocenters. The molecule has 0 aliphatic heterocycles. The number of oxazole rings is 1. The molecule has 184 valence electrons. The highest BCUT2D eigenvalue weighted by molar-refractivity contribution is 6.04. The van der Waals surface area contributed by atoms with Gasteiger partial charge in [-0.25, -0.2) is 9.97 Å². The van der Waals surface area contributed by atoms with E-state index in [0.717, 1.165) is 19.3 Å². The average Bonchev–Trinajstić information content (AvgIpc) is 3.52. The van der Waals surface area contributed by atoms with Gasteiger partial charge >= 0.3 is 12.1 Å². The van der Waals surface area contributed by atoms with Gasteiger partial charge < -0.3 is 19.8 Å². The van der Waals surface area contributed by atoms with Gasteiger partial charge in [0.2, 0.25) is 11.7 Å². The van der Waals surface area contributed by atoms with Crippen molar-refractivity contribution in [3.8, 4) is 11.5 Å². The quantitative estimate of drug-likeness (QED) is 0.451. The molecule has 1 saturated carbocycles. The second kappa shape index (κ2) is 10.2. The molecule has 1 aromatic carbocycles. The van der Waals surface area contributed by atoms with E-state index in [1.54, 1.807) is 24.3 Å². The van der Waals surface area contributed by atoms with Gasteiger partial charge in [-0.3, -0.25) is 9.59 Å². The first kappa shape index (κ1) is 24.2. The molecule has 4 rings (SSSR count). The van der Waals surface area contributed by atoms with Gasteiger partial charge in [0.15, 0.2) is 5.69 Å². The van der Waals surface area contributed by atoms with Crippen molar-refractivity contribution >= 4 is 23.4 Å². The first-order chi connectivity index (χ1) is 16.7. The van der Waals surface area contributed by atoms with Crippen molar-refractivity contribution in [3.05, 3.63) is 60.1 Å². The molecule has 1 amide bonds. The Morgan fingerprint density at radius 3 is 2.57 bits per heavy atom. The number of rotatable bonds is 7. The smallest absolute Gasteiger partial charge is 0.452 e. The third kappa shape index (κ3) is 5.79. The molecule has 0 bridgehead atoms. The van der Waals surface area contributed by atoms with Gasteiger partial charge in [0, 0.05) is 12.1 Å². The van der Waals surface area contributed by atoms with E-state index in [1.165, 1.54) is 31.5 Å². The number of esters is 1. The Morgan fingerprint density at radius 1 is 1.14 bits per heavy atom. The molecule has 35 heavy (non-hydrogen) atoms. The van der Waals surface area contributed by atoms with Crippen LogP contribution in [0.25, 0.3) is 11.5 Å². The lowest BCUT2D eigenvalue weighted by Gasteiger charge is -2.12. The summed E-state index contributed by atoms with van der Waals surface area (Å²) in [6, 6.07) is 11.1. The van der Waals surface area contributed by atoms with E-state index in [1.807, 2.05) is 0 Å². The zero-order valence-corrected chi connectivity index (χ0v) is 18.8. The number of carbonyl (C=O) groups excluding carboxylic acids is 2. The molecule has 1 aliphatic rings. The molecule has 3 aromatic rings. The molecular weight excluding hydrogens is 465 g/mol. The van der Waals surface area contributed by atoms with Crippen LogP contribution in [0.2, 0.25) is 0 Å². The van der Waals surface area contributed by atoms with Crippen molar-refractivity contribution in [1.82, 2.24) is 9.97 Å². The fraction of sp³-hybridized carbons (Fsp3) is 0.333. The van der Waals surface area contributed by atoms with E-state index >= 15 is 0 Å². The van der Waals surface area contributed by atoms with Crippen molar-refractivity contribution in [1.29, 1.82) is 0 Å². The van der Waals surface area contributed by atoms with Crippen molar-refractivity contribution in [2.45, 2.75) is 25.4 Å². The number of amides is 1. The second-order valence-electron chi connectivity index (χ2n) is 8.23. The molecule has 1 aliphatic carbocycles. The highest BCUT2D eigenvalue weighted by Gasteiger charge is 2.42. The maximum absolute atomic E-state index is 13.5. The standard InChI is InChI=1S/C24H23F3N4O4/c1-34-23(33)16-8-7-14(11-16)12-28-18-10-9-17(13-29-18)30-21(32)19-20(24(25,26)27)35-22(31-19)15-5-3-2-4-6-15/h2-6,9-10,13-14,16H,7-8,11-12H2,1H3,(H,28,29)(H,30,32)/t14?,16-/m0/s1. The van der Waals surface area contributed by atoms with Crippen LogP contribution in [0.5, 0.6) is 0 Å². The number of ether oxygens (including phenoxy) is 1. The van der Waals surface area contributed by atoms with Crippen molar-refractivity contribution in [2.24, 2.45) is 11.8 Å². The molecule has 0 radical (unpaired) electrons. The van der Waals surface area contributed by atoms with Gasteiger partial charge in [0.1, 0.15) is 5.82 Å². The predicted molar refractivity (Wildman–Crippen MR) is 120 cm³/mol. The number of benzene rings is 1. The number of alkyl halides is 3. The fourth-order valence-electron chi connectivity index (χ4n) is 4.02. The molecule has 2 N–H and O–H groups in total. The number of halogens is 3. The van der Waals surface area contributed by atoms with Crippen LogP contribution in [0.4, 0.5) is 24.7 Å². The summed E-state index contributed by atoms with van der Waals surface area (Å²) in [5.41, 5.74) is -0.348. The molecule has 8 nitrogen and oxygen atoms in total. The topological polar surface area (TPSA) is 106 Å². The van der Waals surface area contributed by atoms with E-state index in [-0.39, 0.29) is 23.5 Å². The minimum Gasteiger partial charge on any atom is -0.469 e. The summed E-state index contributed by atoms with van der Waals surface area (Å²) in [6.45, 7) is 0.613. The van der Waals surface area contributed by atoms with Gasteiger partial charge in [-0.1, -0.05) is 18.2 Å². The number of aromatic nitrogens is 2. The number of carbonyl (C=O) groups is 2. The molecule has 2 heterocycles. The average molecular weight is 488 g/mol. The Kier molecular flexibility index (Phi) is 7.04. The Labute approximate surface area is 198 Å². The van der Waals surface area contributed by atoms with Crippen LogP contribution in [-0.2, 0) is 15.7 Å². The molecule has 0 spiro atoms. The lowest BCUT2D eigenvalue weighted by Crippen LogP contribution is -2.18. The van der Waals surface area contributed by atoms with Crippen LogP contribution in [0.1, 0.15) is 35.5 Å². The van der Waals surface area contributed by atoms with Crippen molar-refractivity contribution in [2.75, 3.05) is 24.3 Å². The maximum Gasteiger partial charge on any atom is 0.452 e. The monoisotopic (exact) mass is 488 g/mol. The van der Waals surface area contributed by atoms with Gasteiger partial charge in [-0.05, 0) is 49.4 Å². The third-order valence-electron chi connectivity index (χ3n) is 5.79. The molecular formula is C24H23F3N4O4. The largest absolute Gasteiger partial charge is 0.469 e. The Hall–Kier alpha value is -3.89. The molecule has 2 aromatic heterocycles. The summed E-state index contributed by atoms with van der Waals surface area (Å²) < 4.78 is 50.1. The van der Waals surface area contributed by atoms with Crippen LogP contribution < -0.4 is 10.6 Å². The summed E-state index contributed by atoms with van der Waals surface area (Å²) in [4.78, 5) is 32.2. The Bertz CT molecular complexity index is 1180. The van der Waals surface area contributed by atoms with Crippen molar-refractivity contribution < 1.29 is 31.9 Å². The highest BCUT2D eigenvalue weighted by Crippen LogP contribution is 2.35. The zero-order valence-electron chi connectivity index (χ0n) is 18.8. The van der Waals surface area contributed by atoms with Gasteiger partial charge in [0.05, 0.1) is 24.9 Å². The van der Waals surface area contributed by atoms with E-state index in [2.05, 4.69) is 20.6 Å². The highest BCUT2D eigenvalue weighted by atomic mass is 19.4. The normalized spacial score (nSPS) is 17.7. The third-order valence-corrected chi connectivity index (χ3v) is 5.79. The van der Waals surface area contributed by atoms with Crippen LogP contribution >= 0.6 is 0 Å². The SMILES string of the molecule is COC(=O)[C@H]1CCC(CNc2ccc(NC(=O)c3nc(-c4ccccc4)oc3C(F)(F)F)cn2)C1. The number of methoxy groups -OCH3 is 1. The summed E-state index contributed by atoms with van der Waals surface area (Å²) in [5, 5.41) is 5.56. The minimum atomic E-state index is -4.90. The van der Waals surface area contributed by atoms with Gasteiger partial charge in [-0.2, -0.15) is 13.2 Å². The molecule has 11 heteroatoms. The van der Waals surface area contributed by atoms with Crippen molar-refractivity contribution in [3.63, 3.8) is 0 Å². The Morgan fingerprint density at radius 2 is 1.91 bits per heavy atom. The number of anilines is 2. The summed E-state index contributed by atoms with van der Waals surface area (Å²) in [6.07, 6.45) is -1.15. The molecule has 0 saturated heterocycles. The lowest BCUT2D eigenvalue weighted by molar-refractivity contribution is -0.153. The molecule has 1 fully saturated rings. The van der Waals surface area contributed by atoms with E-state index in [4.69, 9.17) is 9.15 Å². The molecule has 2 atom stereocenters. The van der Waals surface area contributed by atoms with Crippen LogP contribution in [0.3, 0.4) is 0 Å². The number of hydrogen-bond donors (Lipinski definition) is 2. The van der Waals surface area contributed by atoms with E-state index in [0.29, 0.717) is 23.8 Å². The number of hydrogen-bond acceptors (Lipinski definition) is 7. The Balaban J connectivity index is 1.40. The minimum absolute atomic E-state index is 0.0853. The fourth-order valence-corrected chi connectivity index (χ4v) is 4.02. The van der Waals surface area contributed by atoms with E-state index in [9.17, 15) is 22.8 Å². The lowest BCUT2D eigenvalue weighted by atomic mass is 10.1. The number of nitrogens with one attached hydrogen (secondary N) is 2. The summed E-state index contributed by atoms with van der Waals surface area (Å²) in [5.74, 6) is -2.28. The first-order valence-electron chi connectivity index (χ1n) is 11.0. The van der Waals surface area contributed by atoms with Crippen LogP contribution in [0, 0.1) is 11.8 Å². The van der Waals surface area contributed by atoms with E-state index < -0.39 is 23.5 Å². The second-order valence-corrected chi connectivity index (χ2v) is 8.23. The van der Waals surface area contributed by atoms with Gasteiger partial charge in [0.25, 0.3) is 5.91 Å². The van der Waals surface area contributed by atoms with Crippen LogP contribution in [-0.4, -0.2) is 35.5 Å². The maximum atomic E-state index is 13.5. The first-order valence-corrected chi connectivity index (χ1v) is 11.0.